The summed E-state index contributed by atoms with van der Waals surface area (Å²) in [5.41, 5.74) is 0.843. The van der Waals surface area contributed by atoms with Gasteiger partial charge in [-0.1, -0.05) is 42.0 Å². The number of aryl methyl sites for hydroxylation is 1. The fourth-order valence-electron chi connectivity index (χ4n) is 2.55. The molecule has 5 nitrogen and oxygen atoms in total. The second kappa shape index (κ2) is 6.26. The number of sulfonamides is 1. The Balaban J connectivity index is 2.30. The Labute approximate surface area is 147 Å². The van der Waals surface area contributed by atoms with Crippen molar-refractivity contribution in [3.8, 4) is 16.8 Å². The first kappa shape index (κ1) is 18.2. The van der Waals surface area contributed by atoms with Crippen molar-refractivity contribution in [2.75, 3.05) is 0 Å². The van der Waals surface area contributed by atoms with Crippen LogP contribution in [0.3, 0.4) is 0 Å². The van der Waals surface area contributed by atoms with E-state index in [4.69, 9.17) is 5.14 Å². The largest absolute Gasteiger partial charge is 0.435 e. The van der Waals surface area contributed by atoms with Crippen LogP contribution < -0.4 is 5.14 Å². The van der Waals surface area contributed by atoms with Gasteiger partial charge in [-0.15, -0.1) is 0 Å². The fourth-order valence-corrected chi connectivity index (χ4v) is 3.30. The first-order valence-corrected chi connectivity index (χ1v) is 8.98. The van der Waals surface area contributed by atoms with Crippen LogP contribution in [0.15, 0.2) is 59.6 Å². The summed E-state index contributed by atoms with van der Waals surface area (Å²) in [7, 11) is -4.19. The number of halogens is 3. The van der Waals surface area contributed by atoms with E-state index < -0.39 is 21.9 Å². The minimum absolute atomic E-state index is 0.0330. The Kier molecular flexibility index (Phi) is 4.37. The van der Waals surface area contributed by atoms with Gasteiger partial charge in [0.15, 0.2) is 5.69 Å². The molecule has 0 radical (unpaired) electrons. The number of rotatable bonds is 3. The lowest BCUT2D eigenvalue weighted by molar-refractivity contribution is -0.141. The van der Waals surface area contributed by atoms with Gasteiger partial charge in [-0.25, -0.2) is 18.2 Å². The molecule has 0 amide bonds. The lowest BCUT2D eigenvalue weighted by atomic mass is 10.0. The van der Waals surface area contributed by atoms with Crippen LogP contribution in [-0.4, -0.2) is 18.2 Å². The van der Waals surface area contributed by atoms with Crippen LogP contribution in [0.2, 0.25) is 0 Å². The van der Waals surface area contributed by atoms with Crippen LogP contribution in [0, 0.1) is 6.92 Å². The molecule has 2 aromatic carbocycles. The van der Waals surface area contributed by atoms with Gasteiger partial charge in [0.05, 0.1) is 5.69 Å². The molecule has 0 spiro atoms. The third-order valence-corrected chi connectivity index (χ3v) is 4.72. The highest BCUT2D eigenvalue weighted by molar-refractivity contribution is 7.89. The van der Waals surface area contributed by atoms with Gasteiger partial charge in [-0.3, -0.25) is 0 Å². The maximum Gasteiger partial charge on any atom is 0.435 e. The second-order valence-corrected chi connectivity index (χ2v) is 7.24. The first-order valence-electron chi connectivity index (χ1n) is 7.43. The number of para-hydroxylation sites is 1. The zero-order chi connectivity index (χ0) is 19.1. The van der Waals surface area contributed by atoms with Crippen LogP contribution in [0.4, 0.5) is 13.2 Å². The Morgan fingerprint density at radius 3 is 2.23 bits per heavy atom. The van der Waals surface area contributed by atoms with Gasteiger partial charge < -0.3 is 0 Å². The van der Waals surface area contributed by atoms with Crippen molar-refractivity contribution in [2.45, 2.75) is 18.0 Å². The van der Waals surface area contributed by atoms with Crippen LogP contribution >= 0.6 is 0 Å². The van der Waals surface area contributed by atoms with Crippen LogP contribution in [-0.2, 0) is 16.2 Å². The molecule has 0 atom stereocenters. The van der Waals surface area contributed by atoms with Gasteiger partial charge in [0, 0.05) is 11.8 Å². The van der Waals surface area contributed by atoms with Gasteiger partial charge in [-0.2, -0.15) is 18.3 Å². The molecule has 136 valence electrons. The molecule has 0 unspecified atom stereocenters. The molecule has 3 rings (SSSR count). The van der Waals surface area contributed by atoms with Crippen LogP contribution in [0.5, 0.6) is 0 Å². The summed E-state index contributed by atoms with van der Waals surface area (Å²) in [6.07, 6.45) is -3.59. The Morgan fingerprint density at radius 1 is 1.04 bits per heavy atom. The lowest BCUT2D eigenvalue weighted by Crippen LogP contribution is -2.17. The second-order valence-electron chi connectivity index (χ2n) is 5.71. The fraction of sp³-hybridized carbons (Fsp3) is 0.118. The predicted molar refractivity (Wildman–Crippen MR) is 90.1 cm³/mol. The van der Waals surface area contributed by atoms with Gasteiger partial charge in [-0.05, 0) is 24.6 Å². The molecule has 0 bridgehead atoms. The number of benzene rings is 2. The quantitative estimate of drug-likeness (QED) is 0.754. The van der Waals surface area contributed by atoms with Crippen molar-refractivity contribution in [2.24, 2.45) is 5.14 Å². The van der Waals surface area contributed by atoms with E-state index in [9.17, 15) is 21.6 Å². The van der Waals surface area contributed by atoms with Gasteiger partial charge >= 0.3 is 6.18 Å². The van der Waals surface area contributed by atoms with Crippen LogP contribution in [0.1, 0.15) is 11.3 Å². The summed E-state index contributed by atoms with van der Waals surface area (Å²) in [5.74, 6) is 0. The Bertz CT molecular complexity index is 1060. The number of nitrogens with zero attached hydrogens (tertiary/aromatic N) is 2. The molecule has 26 heavy (non-hydrogen) atoms. The normalized spacial score (nSPS) is 12.3. The highest BCUT2D eigenvalue weighted by atomic mass is 32.2. The summed E-state index contributed by atoms with van der Waals surface area (Å²) in [5, 5.41) is 8.77. The molecular formula is C17H14F3N3O2S. The molecule has 0 aliphatic heterocycles. The van der Waals surface area contributed by atoms with E-state index in [1.807, 2.05) is 19.1 Å². The summed E-state index contributed by atoms with van der Waals surface area (Å²) in [4.78, 5) is -0.313. The average molecular weight is 381 g/mol. The molecule has 2 N–H and O–H groups in total. The van der Waals surface area contributed by atoms with Crippen molar-refractivity contribution in [3.63, 3.8) is 0 Å². The molecule has 0 aliphatic carbocycles. The van der Waals surface area contributed by atoms with Crippen molar-refractivity contribution >= 4 is 10.0 Å². The maximum atomic E-state index is 12.9. The molecule has 1 aromatic heterocycles. The highest BCUT2D eigenvalue weighted by Crippen LogP contribution is 2.33. The molecule has 1 heterocycles. The average Bonchev–Trinajstić information content (AvgIpc) is 3.04. The van der Waals surface area contributed by atoms with E-state index in [0.717, 1.165) is 22.5 Å². The highest BCUT2D eigenvalue weighted by Gasteiger charge is 2.34. The third kappa shape index (κ3) is 3.49. The summed E-state index contributed by atoms with van der Waals surface area (Å²) < 4.78 is 63.6. The summed E-state index contributed by atoms with van der Waals surface area (Å²) >= 11 is 0. The maximum absolute atomic E-state index is 12.9. The summed E-state index contributed by atoms with van der Waals surface area (Å²) in [6.45, 7) is 1.88. The number of primary sulfonamides is 1. The van der Waals surface area contributed by atoms with Crippen molar-refractivity contribution in [1.29, 1.82) is 0 Å². The molecule has 0 aliphatic rings. The number of alkyl halides is 3. The van der Waals surface area contributed by atoms with E-state index in [1.165, 1.54) is 12.1 Å². The number of hydrogen-bond donors (Lipinski definition) is 1. The topological polar surface area (TPSA) is 78.0 Å². The van der Waals surface area contributed by atoms with Gasteiger partial charge in [0.25, 0.3) is 0 Å². The standard InChI is InChI=1S/C17H14F3N3O2S/c1-11-5-7-12(8-6-11)13-3-2-4-14(26(21,24)25)16(13)23-10-9-15(22-23)17(18,19)20/h2-10H,1H3,(H2,21,24,25). The molecule has 9 heteroatoms. The minimum Gasteiger partial charge on any atom is -0.238 e. The molecule has 0 saturated heterocycles. The van der Waals surface area contributed by atoms with E-state index in [0.29, 0.717) is 11.1 Å². The zero-order valence-electron chi connectivity index (χ0n) is 13.5. The number of hydrogen-bond acceptors (Lipinski definition) is 3. The third-order valence-electron chi connectivity index (χ3n) is 3.78. The minimum atomic E-state index is -4.65. The van der Waals surface area contributed by atoms with E-state index in [2.05, 4.69) is 5.10 Å². The number of nitrogens with two attached hydrogens (primary N) is 1. The van der Waals surface area contributed by atoms with Crippen LogP contribution in [0.25, 0.3) is 16.8 Å². The predicted octanol–water partition coefficient (Wildman–Crippen LogP) is 3.51. The first-order chi connectivity index (χ1) is 12.1. The number of aromatic nitrogens is 2. The SMILES string of the molecule is Cc1ccc(-c2cccc(S(N)(=O)=O)c2-n2ccc(C(F)(F)F)n2)cc1. The lowest BCUT2D eigenvalue weighted by Gasteiger charge is -2.14. The van der Waals surface area contributed by atoms with Crippen molar-refractivity contribution in [1.82, 2.24) is 9.78 Å². The van der Waals surface area contributed by atoms with E-state index >= 15 is 0 Å². The monoisotopic (exact) mass is 381 g/mol. The smallest absolute Gasteiger partial charge is 0.238 e. The van der Waals surface area contributed by atoms with E-state index in [-0.39, 0.29) is 10.6 Å². The zero-order valence-corrected chi connectivity index (χ0v) is 14.3. The summed E-state index contributed by atoms with van der Waals surface area (Å²) in [6, 6.07) is 12.2. The van der Waals surface area contributed by atoms with Crippen molar-refractivity contribution in [3.05, 3.63) is 66.0 Å². The van der Waals surface area contributed by atoms with Gasteiger partial charge in [0.2, 0.25) is 10.0 Å². The molecule has 0 saturated carbocycles. The van der Waals surface area contributed by atoms with Gasteiger partial charge in [0.1, 0.15) is 4.90 Å². The van der Waals surface area contributed by atoms with E-state index in [1.54, 1.807) is 18.2 Å². The van der Waals surface area contributed by atoms with Crippen molar-refractivity contribution < 1.29 is 21.6 Å². The molecular weight excluding hydrogens is 367 g/mol. The molecule has 0 fully saturated rings. The Hall–Kier alpha value is -2.65. The Morgan fingerprint density at radius 2 is 1.69 bits per heavy atom. The molecule has 3 aromatic rings.